The fraction of sp³-hybridized carbons (Fsp3) is 0.936. The van der Waals surface area contributed by atoms with Crippen LogP contribution in [0.2, 0.25) is 0 Å². The lowest BCUT2D eigenvalue weighted by atomic mass is 9.99. The minimum Gasteiger partial charge on any atom is -0.462 e. The molecule has 6 heteroatoms. The molecule has 0 aliphatic carbocycles. The molecule has 1 unspecified atom stereocenters. The van der Waals surface area contributed by atoms with Gasteiger partial charge in [-0.15, -0.1) is 0 Å². The van der Waals surface area contributed by atoms with Crippen LogP contribution < -0.4 is 0 Å². The molecule has 0 N–H and O–H groups in total. The van der Waals surface area contributed by atoms with Crippen LogP contribution in [0.15, 0.2) is 0 Å². The lowest BCUT2D eigenvalue weighted by Crippen LogP contribution is -2.30. The smallest absolute Gasteiger partial charge is 0.306 e. The van der Waals surface area contributed by atoms with Crippen LogP contribution in [0.5, 0.6) is 0 Å². The Morgan fingerprint density at radius 2 is 0.660 bits per heavy atom. The Labute approximate surface area is 329 Å². The van der Waals surface area contributed by atoms with Crippen molar-refractivity contribution in [1.29, 1.82) is 0 Å². The second-order valence-corrected chi connectivity index (χ2v) is 17.2. The quantitative estimate of drug-likeness (QED) is 0.0352. The highest BCUT2D eigenvalue weighted by Gasteiger charge is 2.19. The fourth-order valence-corrected chi connectivity index (χ4v) is 6.85. The molecule has 0 heterocycles. The van der Waals surface area contributed by atoms with Crippen LogP contribution in [0.25, 0.3) is 0 Å². The molecule has 53 heavy (non-hydrogen) atoms. The van der Waals surface area contributed by atoms with E-state index < -0.39 is 6.10 Å². The summed E-state index contributed by atoms with van der Waals surface area (Å²) in [6.07, 6.45) is 35.2. The fourth-order valence-electron chi connectivity index (χ4n) is 6.85. The number of esters is 3. The summed E-state index contributed by atoms with van der Waals surface area (Å²) < 4.78 is 16.7. The Morgan fingerprint density at radius 3 is 0.981 bits per heavy atom. The summed E-state index contributed by atoms with van der Waals surface area (Å²) >= 11 is 0. The Balaban J connectivity index is 4.33. The summed E-state index contributed by atoms with van der Waals surface area (Å²) in [6, 6.07) is 0. The molecule has 0 fully saturated rings. The SMILES string of the molecule is CCC(C)CCCCCCCCCCC(=O)O[C@@H](COC(=O)CCCCCCCCCCCCCC(C)C)COC(=O)CCCCCCCCC(C)C. The lowest BCUT2D eigenvalue weighted by Gasteiger charge is -2.18. The van der Waals surface area contributed by atoms with Crippen molar-refractivity contribution in [2.75, 3.05) is 13.2 Å². The van der Waals surface area contributed by atoms with Gasteiger partial charge in [-0.05, 0) is 37.0 Å². The van der Waals surface area contributed by atoms with Crippen LogP contribution in [0.3, 0.4) is 0 Å². The van der Waals surface area contributed by atoms with Crippen molar-refractivity contribution in [2.45, 2.75) is 253 Å². The van der Waals surface area contributed by atoms with Gasteiger partial charge in [0, 0.05) is 19.3 Å². The maximum absolute atomic E-state index is 12.7. The molecule has 0 aromatic carbocycles. The maximum Gasteiger partial charge on any atom is 0.306 e. The monoisotopic (exact) mass is 751 g/mol. The van der Waals surface area contributed by atoms with Crippen molar-refractivity contribution in [3.05, 3.63) is 0 Å². The third kappa shape index (κ3) is 39.9. The van der Waals surface area contributed by atoms with Crippen LogP contribution in [-0.2, 0) is 28.6 Å². The molecule has 0 radical (unpaired) electrons. The molecule has 0 aliphatic heterocycles. The average molecular weight is 751 g/mol. The average Bonchev–Trinajstić information content (AvgIpc) is 3.12. The minimum atomic E-state index is -0.762. The van der Waals surface area contributed by atoms with E-state index in [1.54, 1.807) is 0 Å². The first kappa shape index (κ1) is 51.4. The van der Waals surface area contributed by atoms with E-state index in [0.717, 1.165) is 75.5 Å². The van der Waals surface area contributed by atoms with Gasteiger partial charge in [0.05, 0.1) is 0 Å². The summed E-state index contributed by atoms with van der Waals surface area (Å²) in [5.74, 6) is 1.57. The number of hydrogen-bond acceptors (Lipinski definition) is 6. The van der Waals surface area contributed by atoms with Crippen LogP contribution in [0.4, 0.5) is 0 Å². The number of rotatable bonds is 40. The Morgan fingerprint density at radius 1 is 0.377 bits per heavy atom. The highest BCUT2D eigenvalue weighted by atomic mass is 16.6. The largest absolute Gasteiger partial charge is 0.462 e. The zero-order valence-electron chi connectivity index (χ0n) is 36.3. The van der Waals surface area contributed by atoms with Crippen LogP contribution in [0.1, 0.15) is 247 Å². The van der Waals surface area contributed by atoms with Gasteiger partial charge in [0.2, 0.25) is 0 Å². The van der Waals surface area contributed by atoms with Crippen molar-refractivity contribution < 1.29 is 28.6 Å². The standard InChI is InChI=1S/C47H90O6/c1-7-43(6)35-29-23-16-13-14-18-26-32-38-47(50)53-44(40-52-46(49)37-31-25-20-19-22-28-34-42(4)5)39-51-45(48)36-30-24-17-12-10-8-9-11-15-21-27-33-41(2)3/h41-44H,7-40H2,1-6H3/t43?,44-/m0/s1. The number of hydrogen-bond donors (Lipinski definition) is 0. The van der Waals surface area contributed by atoms with Crippen LogP contribution in [0, 0.1) is 17.8 Å². The van der Waals surface area contributed by atoms with E-state index in [9.17, 15) is 14.4 Å². The second-order valence-electron chi connectivity index (χ2n) is 17.2. The van der Waals surface area contributed by atoms with Gasteiger partial charge in [0.25, 0.3) is 0 Å². The molecule has 0 bridgehead atoms. The topological polar surface area (TPSA) is 78.9 Å². The lowest BCUT2D eigenvalue weighted by molar-refractivity contribution is -0.167. The predicted molar refractivity (Wildman–Crippen MR) is 224 cm³/mol. The van der Waals surface area contributed by atoms with Gasteiger partial charge >= 0.3 is 17.9 Å². The molecule has 0 aliphatic rings. The van der Waals surface area contributed by atoms with E-state index in [4.69, 9.17) is 14.2 Å². The molecule has 0 aromatic rings. The summed E-state index contributed by atoms with van der Waals surface area (Å²) in [7, 11) is 0. The van der Waals surface area contributed by atoms with E-state index in [2.05, 4.69) is 41.5 Å². The van der Waals surface area contributed by atoms with Gasteiger partial charge in [-0.1, -0.05) is 208 Å². The van der Waals surface area contributed by atoms with E-state index >= 15 is 0 Å². The van der Waals surface area contributed by atoms with Gasteiger partial charge in [-0.2, -0.15) is 0 Å². The maximum atomic E-state index is 12.7. The number of carbonyl (C=O) groups excluding carboxylic acids is 3. The van der Waals surface area contributed by atoms with E-state index in [1.165, 1.54) is 128 Å². The first-order chi connectivity index (χ1) is 25.6. The molecular formula is C47H90O6. The van der Waals surface area contributed by atoms with Gasteiger partial charge in [-0.25, -0.2) is 0 Å². The highest BCUT2D eigenvalue weighted by molar-refractivity contribution is 5.71. The molecule has 0 spiro atoms. The van der Waals surface area contributed by atoms with Crippen LogP contribution in [-0.4, -0.2) is 37.2 Å². The second kappa shape index (κ2) is 38.7. The van der Waals surface area contributed by atoms with E-state index in [1.807, 2.05) is 0 Å². The third-order valence-corrected chi connectivity index (χ3v) is 10.8. The molecule has 0 aromatic heterocycles. The molecule has 0 saturated carbocycles. The number of unbranched alkanes of at least 4 members (excludes halogenated alkanes) is 22. The normalized spacial score (nSPS) is 12.7. The van der Waals surface area contributed by atoms with E-state index in [-0.39, 0.29) is 31.1 Å². The zero-order valence-corrected chi connectivity index (χ0v) is 36.3. The Hall–Kier alpha value is -1.59. The Kier molecular flexibility index (Phi) is 37.5. The van der Waals surface area contributed by atoms with Crippen molar-refractivity contribution in [3.8, 4) is 0 Å². The molecular weight excluding hydrogens is 661 g/mol. The van der Waals surface area contributed by atoms with E-state index in [0.29, 0.717) is 19.3 Å². The predicted octanol–water partition coefficient (Wildman–Crippen LogP) is 14.4. The van der Waals surface area contributed by atoms with Crippen molar-refractivity contribution >= 4 is 17.9 Å². The van der Waals surface area contributed by atoms with Crippen molar-refractivity contribution in [1.82, 2.24) is 0 Å². The summed E-state index contributed by atoms with van der Waals surface area (Å²) in [5, 5.41) is 0. The van der Waals surface area contributed by atoms with Gasteiger partial charge in [-0.3, -0.25) is 14.4 Å². The Bertz CT molecular complexity index is 824. The highest BCUT2D eigenvalue weighted by Crippen LogP contribution is 2.17. The molecule has 0 amide bonds. The molecule has 0 saturated heterocycles. The summed E-state index contributed by atoms with van der Waals surface area (Å²) in [5.41, 5.74) is 0. The first-order valence-corrected chi connectivity index (χ1v) is 23.1. The minimum absolute atomic E-state index is 0.0667. The van der Waals surface area contributed by atoms with Gasteiger partial charge in [0.1, 0.15) is 13.2 Å². The van der Waals surface area contributed by atoms with Gasteiger partial charge < -0.3 is 14.2 Å². The number of carbonyl (C=O) groups is 3. The van der Waals surface area contributed by atoms with Crippen LogP contribution >= 0.6 is 0 Å². The van der Waals surface area contributed by atoms with Gasteiger partial charge in [0.15, 0.2) is 6.10 Å². The third-order valence-electron chi connectivity index (χ3n) is 10.8. The van der Waals surface area contributed by atoms with Crippen molar-refractivity contribution in [2.24, 2.45) is 17.8 Å². The first-order valence-electron chi connectivity index (χ1n) is 23.1. The summed E-state index contributed by atoms with van der Waals surface area (Å²) in [6.45, 7) is 13.6. The number of ether oxygens (including phenoxy) is 3. The summed E-state index contributed by atoms with van der Waals surface area (Å²) in [4.78, 5) is 37.7. The zero-order chi connectivity index (χ0) is 39.2. The molecule has 6 nitrogen and oxygen atoms in total. The molecule has 0 rings (SSSR count). The molecule has 314 valence electrons. The molecule has 2 atom stereocenters. The van der Waals surface area contributed by atoms with Crippen molar-refractivity contribution in [3.63, 3.8) is 0 Å².